The third-order valence-electron chi connectivity index (χ3n) is 8.15. The van der Waals surface area contributed by atoms with Crippen molar-refractivity contribution in [3.05, 3.63) is 23.3 Å². The molecule has 2 saturated carbocycles. The number of hydrogen-bond donors (Lipinski definition) is 1. The first-order chi connectivity index (χ1) is 14.4. The van der Waals surface area contributed by atoms with E-state index in [-0.39, 0.29) is 28.8 Å². The zero-order chi connectivity index (χ0) is 23.0. The van der Waals surface area contributed by atoms with Gasteiger partial charge in [0, 0.05) is 36.3 Å². The lowest BCUT2D eigenvalue weighted by Crippen LogP contribution is -2.61. The molecule has 4 aliphatic rings. The monoisotopic (exact) mass is 430 g/mol. The van der Waals surface area contributed by atoms with E-state index in [4.69, 9.17) is 9.47 Å². The summed E-state index contributed by atoms with van der Waals surface area (Å²) in [6.07, 6.45) is -1.91. The predicted octanol–water partition coefficient (Wildman–Crippen LogP) is 2.31. The summed E-state index contributed by atoms with van der Waals surface area (Å²) >= 11 is 0. The van der Waals surface area contributed by atoms with Crippen molar-refractivity contribution >= 4 is 23.5 Å². The Kier molecular flexibility index (Phi) is 4.85. The van der Waals surface area contributed by atoms with Crippen molar-refractivity contribution in [2.24, 2.45) is 28.6 Å². The van der Waals surface area contributed by atoms with E-state index in [0.29, 0.717) is 12.8 Å². The van der Waals surface area contributed by atoms with Crippen LogP contribution in [0.3, 0.4) is 0 Å². The number of Topliss-reactive ketones (excluding diaryl/α,β-unsaturated/α-hetero) is 2. The Morgan fingerprint density at radius 3 is 2.23 bits per heavy atom. The summed E-state index contributed by atoms with van der Waals surface area (Å²) in [5.74, 6) is -2.63. The average molecular weight is 430 g/mol. The van der Waals surface area contributed by atoms with E-state index in [2.05, 4.69) is 6.58 Å². The highest BCUT2D eigenvalue weighted by molar-refractivity contribution is 6.20. The van der Waals surface area contributed by atoms with E-state index < -0.39 is 52.8 Å². The molecule has 2 fully saturated rings. The van der Waals surface area contributed by atoms with Crippen LogP contribution in [0.25, 0.3) is 0 Å². The van der Waals surface area contributed by atoms with Crippen LogP contribution >= 0.6 is 0 Å². The van der Waals surface area contributed by atoms with E-state index in [1.54, 1.807) is 0 Å². The molecule has 4 rings (SSSR count). The molecule has 0 amide bonds. The molecule has 0 bridgehead atoms. The van der Waals surface area contributed by atoms with Gasteiger partial charge in [0.25, 0.3) is 0 Å². The number of ketones is 2. The number of aliphatic hydroxyl groups excluding tert-OH is 1. The van der Waals surface area contributed by atoms with Gasteiger partial charge < -0.3 is 14.6 Å². The fourth-order valence-electron chi connectivity index (χ4n) is 6.40. The maximum atomic E-state index is 13.9. The molecule has 31 heavy (non-hydrogen) atoms. The Morgan fingerprint density at radius 2 is 1.71 bits per heavy atom. The van der Waals surface area contributed by atoms with Crippen molar-refractivity contribution in [3.63, 3.8) is 0 Å². The average Bonchev–Trinajstić information content (AvgIpc) is 3.34. The minimum absolute atomic E-state index is 0.0848. The first kappa shape index (κ1) is 21.9. The zero-order valence-corrected chi connectivity index (χ0v) is 18.7. The molecule has 1 spiro atoms. The molecule has 4 aliphatic carbocycles. The standard InChI is InChI=1S/C24H30O7/c1-10-7-8-23(6)16(12(10)3)18(27)20(30-13(4)25)15-17(23)19(28)22(31-14(5)26)24(21(15)29)9-11(24)2/h10-11,16,18,20,22,27H,3,7-9H2,1-2,4-6H3/t10-,11-,16+,18-,20-,22-,23-,24+/m0/s1. The molecule has 168 valence electrons. The minimum Gasteiger partial charge on any atom is -0.455 e. The van der Waals surface area contributed by atoms with Gasteiger partial charge in [0.05, 0.1) is 5.41 Å². The Morgan fingerprint density at radius 1 is 1.13 bits per heavy atom. The molecule has 0 aromatic heterocycles. The predicted molar refractivity (Wildman–Crippen MR) is 110 cm³/mol. The smallest absolute Gasteiger partial charge is 0.303 e. The second kappa shape index (κ2) is 6.86. The van der Waals surface area contributed by atoms with Gasteiger partial charge >= 0.3 is 11.9 Å². The summed E-state index contributed by atoms with van der Waals surface area (Å²) in [5.41, 5.74) is -0.916. The van der Waals surface area contributed by atoms with Gasteiger partial charge in [-0.3, -0.25) is 19.2 Å². The van der Waals surface area contributed by atoms with Gasteiger partial charge in [-0.05, 0) is 31.1 Å². The van der Waals surface area contributed by atoms with Gasteiger partial charge in [0.1, 0.15) is 6.10 Å². The van der Waals surface area contributed by atoms with E-state index in [0.717, 1.165) is 12.0 Å². The number of carbonyl (C=O) groups is 4. The SMILES string of the molecule is C=C1[C@@H]2[C@H](O)[C@@H](OC(C)=O)C3=C(C(=O)[C@H](OC(C)=O)[C@@]4(C[C@@H]4C)C3=O)[C@@]2(C)CC[C@@H]1C. The van der Waals surface area contributed by atoms with Crippen LogP contribution in [0, 0.1) is 28.6 Å². The Bertz CT molecular complexity index is 946. The third kappa shape index (κ3) is 2.81. The highest BCUT2D eigenvalue weighted by Gasteiger charge is 2.73. The molecule has 8 atom stereocenters. The van der Waals surface area contributed by atoms with Crippen LogP contribution in [0.15, 0.2) is 23.3 Å². The second-order valence-electron chi connectivity index (χ2n) is 10.0. The largest absolute Gasteiger partial charge is 0.455 e. The van der Waals surface area contributed by atoms with Gasteiger partial charge in [0.15, 0.2) is 18.0 Å². The topological polar surface area (TPSA) is 107 Å². The van der Waals surface area contributed by atoms with Gasteiger partial charge in [-0.15, -0.1) is 0 Å². The summed E-state index contributed by atoms with van der Waals surface area (Å²) in [7, 11) is 0. The lowest BCUT2D eigenvalue weighted by molar-refractivity contribution is -0.166. The number of rotatable bonds is 2. The maximum absolute atomic E-state index is 13.9. The molecular formula is C24H30O7. The van der Waals surface area contributed by atoms with Crippen molar-refractivity contribution in [2.75, 3.05) is 0 Å². The molecule has 0 aliphatic heterocycles. The Labute approximate surface area is 181 Å². The molecule has 0 saturated heterocycles. The summed E-state index contributed by atoms with van der Waals surface area (Å²) < 4.78 is 10.9. The summed E-state index contributed by atoms with van der Waals surface area (Å²) in [6, 6.07) is 0. The van der Waals surface area contributed by atoms with Crippen LogP contribution in [0.2, 0.25) is 0 Å². The summed E-state index contributed by atoms with van der Waals surface area (Å²) in [5, 5.41) is 11.4. The lowest BCUT2D eigenvalue weighted by Gasteiger charge is -2.55. The quantitative estimate of drug-likeness (QED) is 0.529. The number of fused-ring (bicyclic) bond motifs is 2. The number of ether oxygens (including phenoxy) is 2. The first-order valence-electron chi connectivity index (χ1n) is 10.9. The van der Waals surface area contributed by atoms with Crippen LogP contribution in [0.1, 0.15) is 53.9 Å². The Balaban J connectivity index is 1.97. The van der Waals surface area contributed by atoms with Crippen LogP contribution in [-0.4, -0.2) is 46.9 Å². The van der Waals surface area contributed by atoms with Crippen LogP contribution in [0.5, 0.6) is 0 Å². The molecule has 0 heterocycles. The van der Waals surface area contributed by atoms with Crippen molar-refractivity contribution < 1.29 is 33.8 Å². The molecular weight excluding hydrogens is 400 g/mol. The fraction of sp³-hybridized carbons (Fsp3) is 0.667. The highest BCUT2D eigenvalue weighted by atomic mass is 16.6. The normalized spacial score (nSPS) is 44.0. The molecule has 0 radical (unpaired) electrons. The maximum Gasteiger partial charge on any atom is 0.303 e. The summed E-state index contributed by atoms with van der Waals surface area (Å²) in [4.78, 5) is 51.5. The molecule has 7 nitrogen and oxygen atoms in total. The first-order valence-corrected chi connectivity index (χ1v) is 10.9. The van der Waals surface area contributed by atoms with E-state index in [1.807, 2.05) is 20.8 Å². The molecule has 0 aromatic rings. The van der Waals surface area contributed by atoms with E-state index >= 15 is 0 Å². The van der Waals surface area contributed by atoms with Crippen molar-refractivity contribution in [2.45, 2.75) is 72.2 Å². The second-order valence-corrected chi connectivity index (χ2v) is 10.0. The zero-order valence-electron chi connectivity index (χ0n) is 18.7. The van der Waals surface area contributed by atoms with Crippen molar-refractivity contribution in [1.29, 1.82) is 0 Å². The molecule has 7 heteroatoms. The lowest BCUT2D eigenvalue weighted by atomic mass is 9.50. The van der Waals surface area contributed by atoms with Gasteiger partial charge in [-0.2, -0.15) is 0 Å². The third-order valence-corrected chi connectivity index (χ3v) is 8.15. The van der Waals surface area contributed by atoms with Crippen LogP contribution < -0.4 is 0 Å². The molecule has 0 aromatic carbocycles. The number of aliphatic hydroxyl groups is 1. The van der Waals surface area contributed by atoms with Crippen LogP contribution in [-0.2, 0) is 28.7 Å². The summed E-state index contributed by atoms with van der Waals surface area (Å²) in [6.45, 7) is 12.3. The number of carbonyl (C=O) groups excluding carboxylic acids is 4. The van der Waals surface area contributed by atoms with Gasteiger partial charge in [-0.1, -0.05) is 32.9 Å². The van der Waals surface area contributed by atoms with E-state index in [1.165, 1.54) is 13.8 Å². The van der Waals surface area contributed by atoms with Crippen molar-refractivity contribution in [3.8, 4) is 0 Å². The number of hydrogen-bond acceptors (Lipinski definition) is 7. The van der Waals surface area contributed by atoms with Crippen LogP contribution in [0.4, 0.5) is 0 Å². The number of esters is 2. The Hall–Kier alpha value is -2.28. The highest BCUT2D eigenvalue weighted by Crippen LogP contribution is 2.65. The molecule has 0 unspecified atom stereocenters. The van der Waals surface area contributed by atoms with Gasteiger partial charge in [-0.25, -0.2) is 0 Å². The van der Waals surface area contributed by atoms with E-state index in [9.17, 15) is 24.3 Å². The van der Waals surface area contributed by atoms with Crippen molar-refractivity contribution in [1.82, 2.24) is 0 Å². The molecule has 1 N–H and O–H groups in total. The minimum atomic E-state index is -1.24. The van der Waals surface area contributed by atoms with Gasteiger partial charge in [0.2, 0.25) is 5.78 Å². The fourth-order valence-corrected chi connectivity index (χ4v) is 6.40.